The van der Waals surface area contributed by atoms with Gasteiger partial charge in [-0.2, -0.15) is 0 Å². The third kappa shape index (κ3) is 3.80. The Hall–Kier alpha value is -1.36. The third-order valence-electron chi connectivity index (χ3n) is 3.95. The molecule has 1 amide bonds. The van der Waals surface area contributed by atoms with Crippen LogP contribution in [-0.4, -0.2) is 32.7 Å². The van der Waals surface area contributed by atoms with Crippen molar-refractivity contribution in [1.29, 1.82) is 0 Å². The first-order chi connectivity index (χ1) is 9.13. The number of carbonyl (C=O) groups excluding carboxylic acids is 1. The van der Waals surface area contributed by atoms with Crippen LogP contribution in [0.15, 0.2) is 18.7 Å². The summed E-state index contributed by atoms with van der Waals surface area (Å²) >= 11 is 0. The Kier molecular flexibility index (Phi) is 4.58. The number of aliphatic hydroxyl groups excluding tert-OH is 1. The maximum Gasteiger partial charge on any atom is 0.222 e. The molecule has 0 saturated heterocycles. The van der Waals surface area contributed by atoms with Gasteiger partial charge in [0.1, 0.15) is 0 Å². The van der Waals surface area contributed by atoms with Gasteiger partial charge < -0.3 is 15.0 Å². The van der Waals surface area contributed by atoms with E-state index in [1.807, 2.05) is 10.8 Å². The molecule has 2 N–H and O–H groups in total. The summed E-state index contributed by atoms with van der Waals surface area (Å²) < 4.78 is 1.88. The standard InChI is InChI=1S/C14H23N3O2/c1-12-3-2-5-14(9-12,10-18)16-13(19)4-7-17-8-6-15-11-17/h6,8,11-12,18H,2-5,7,9-10H2,1H3,(H,16,19). The zero-order valence-electron chi connectivity index (χ0n) is 11.5. The lowest BCUT2D eigenvalue weighted by Gasteiger charge is -2.39. The van der Waals surface area contributed by atoms with Crippen molar-refractivity contribution in [1.82, 2.24) is 14.9 Å². The molecule has 19 heavy (non-hydrogen) atoms. The molecular formula is C14H23N3O2. The summed E-state index contributed by atoms with van der Waals surface area (Å²) in [6, 6.07) is 0. The minimum absolute atomic E-state index is 0.0110. The number of rotatable bonds is 5. The van der Waals surface area contributed by atoms with E-state index in [1.165, 1.54) is 6.42 Å². The average Bonchev–Trinajstić information content (AvgIpc) is 2.89. The SMILES string of the molecule is CC1CCCC(CO)(NC(=O)CCn2ccnc2)C1. The molecule has 1 fully saturated rings. The van der Waals surface area contributed by atoms with Crippen molar-refractivity contribution < 1.29 is 9.90 Å². The van der Waals surface area contributed by atoms with Gasteiger partial charge in [0.05, 0.1) is 18.5 Å². The Morgan fingerprint density at radius 3 is 3.11 bits per heavy atom. The van der Waals surface area contributed by atoms with E-state index in [0.29, 0.717) is 18.9 Å². The lowest BCUT2D eigenvalue weighted by molar-refractivity contribution is -0.124. The van der Waals surface area contributed by atoms with Gasteiger partial charge in [-0.15, -0.1) is 0 Å². The van der Waals surface area contributed by atoms with Gasteiger partial charge in [0.2, 0.25) is 5.91 Å². The maximum absolute atomic E-state index is 12.0. The molecule has 1 aliphatic carbocycles. The highest BCUT2D eigenvalue weighted by molar-refractivity contribution is 5.76. The van der Waals surface area contributed by atoms with Crippen molar-refractivity contribution in [3.8, 4) is 0 Å². The highest BCUT2D eigenvalue weighted by atomic mass is 16.3. The molecule has 0 bridgehead atoms. The van der Waals surface area contributed by atoms with E-state index in [0.717, 1.165) is 19.3 Å². The highest BCUT2D eigenvalue weighted by Crippen LogP contribution is 2.31. The van der Waals surface area contributed by atoms with Crippen molar-refractivity contribution >= 4 is 5.91 Å². The molecule has 1 saturated carbocycles. The Balaban J connectivity index is 1.85. The minimum atomic E-state index is -0.399. The molecule has 1 aliphatic rings. The quantitative estimate of drug-likeness (QED) is 0.844. The van der Waals surface area contributed by atoms with Crippen LogP contribution >= 0.6 is 0 Å². The van der Waals surface area contributed by atoms with Crippen LogP contribution in [0.5, 0.6) is 0 Å². The molecule has 1 aromatic heterocycles. The van der Waals surface area contributed by atoms with Gasteiger partial charge in [0.25, 0.3) is 0 Å². The number of imidazole rings is 1. The lowest BCUT2D eigenvalue weighted by atomic mass is 9.77. The summed E-state index contributed by atoms with van der Waals surface area (Å²) in [6.45, 7) is 2.85. The molecule has 1 heterocycles. The first kappa shape index (κ1) is 14.1. The topological polar surface area (TPSA) is 67.2 Å². The van der Waals surface area contributed by atoms with Crippen LogP contribution in [0.25, 0.3) is 0 Å². The molecule has 5 nitrogen and oxygen atoms in total. The molecule has 0 aliphatic heterocycles. The van der Waals surface area contributed by atoms with Gasteiger partial charge in [-0.3, -0.25) is 4.79 Å². The minimum Gasteiger partial charge on any atom is -0.394 e. The number of aliphatic hydroxyl groups is 1. The molecule has 2 unspecified atom stereocenters. The molecule has 106 valence electrons. The number of hydrogen-bond donors (Lipinski definition) is 2. The summed E-state index contributed by atoms with van der Waals surface area (Å²) in [5, 5.41) is 12.7. The number of amides is 1. The summed E-state index contributed by atoms with van der Waals surface area (Å²) in [7, 11) is 0. The second kappa shape index (κ2) is 6.19. The number of carbonyl (C=O) groups is 1. The Labute approximate surface area is 114 Å². The molecule has 2 rings (SSSR count). The van der Waals surface area contributed by atoms with Crippen molar-refractivity contribution in [2.75, 3.05) is 6.61 Å². The van der Waals surface area contributed by atoms with Gasteiger partial charge in [-0.25, -0.2) is 4.98 Å². The predicted molar refractivity (Wildman–Crippen MR) is 72.4 cm³/mol. The fourth-order valence-corrected chi connectivity index (χ4v) is 2.96. The Morgan fingerprint density at radius 1 is 1.63 bits per heavy atom. The number of hydrogen-bond acceptors (Lipinski definition) is 3. The average molecular weight is 265 g/mol. The van der Waals surface area contributed by atoms with E-state index in [2.05, 4.69) is 17.2 Å². The number of nitrogens with zero attached hydrogens (tertiary/aromatic N) is 2. The summed E-state index contributed by atoms with van der Waals surface area (Å²) in [4.78, 5) is 16.0. The Morgan fingerprint density at radius 2 is 2.47 bits per heavy atom. The van der Waals surface area contributed by atoms with Crippen molar-refractivity contribution in [3.05, 3.63) is 18.7 Å². The van der Waals surface area contributed by atoms with E-state index in [-0.39, 0.29) is 12.5 Å². The second-order valence-corrected chi connectivity index (χ2v) is 5.74. The molecule has 0 radical (unpaired) electrons. The van der Waals surface area contributed by atoms with Crippen molar-refractivity contribution in [2.24, 2.45) is 5.92 Å². The zero-order chi connectivity index (χ0) is 13.7. The van der Waals surface area contributed by atoms with Crippen molar-refractivity contribution in [2.45, 2.75) is 51.1 Å². The lowest BCUT2D eigenvalue weighted by Crippen LogP contribution is -2.54. The van der Waals surface area contributed by atoms with Crippen LogP contribution in [0, 0.1) is 5.92 Å². The van der Waals surface area contributed by atoms with Crippen LogP contribution in [0.4, 0.5) is 0 Å². The van der Waals surface area contributed by atoms with Crippen LogP contribution in [0.3, 0.4) is 0 Å². The Bertz CT molecular complexity index is 405. The predicted octanol–water partition coefficient (Wildman–Crippen LogP) is 1.33. The van der Waals surface area contributed by atoms with Gasteiger partial charge in [0.15, 0.2) is 0 Å². The van der Waals surface area contributed by atoms with E-state index in [9.17, 15) is 9.90 Å². The summed E-state index contributed by atoms with van der Waals surface area (Å²) in [6.07, 6.45) is 9.69. The monoisotopic (exact) mass is 265 g/mol. The molecule has 1 aromatic rings. The fourth-order valence-electron chi connectivity index (χ4n) is 2.96. The summed E-state index contributed by atoms with van der Waals surface area (Å²) in [5.74, 6) is 0.576. The van der Waals surface area contributed by atoms with Crippen LogP contribution in [0.2, 0.25) is 0 Å². The van der Waals surface area contributed by atoms with Gasteiger partial charge in [0, 0.05) is 25.4 Å². The summed E-state index contributed by atoms with van der Waals surface area (Å²) in [5.41, 5.74) is -0.399. The van der Waals surface area contributed by atoms with Gasteiger partial charge >= 0.3 is 0 Å². The van der Waals surface area contributed by atoms with Crippen LogP contribution in [-0.2, 0) is 11.3 Å². The normalized spacial score (nSPS) is 27.2. The molecule has 2 atom stereocenters. The van der Waals surface area contributed by atoms with Crippen molar-refractivity contribution in [3.63, 3.8) is 0 Å². The molecule has 0 spiro atoms. The largest absolute Gasteiger partial charge is 0.394 e. The van der Waals surface area contributed by atoms with Crippen LogP contribution in [0.1, 0.15) is 39.0 Å². The van der Waals surface area contributed by atoms with E-state index < -0.39 is 5.54 Å². The molecular weight excluding hydrogens is 242 g/mol. The highest BCUT2D eigenvalue weighted by Gasteiger charge is 2.35. The number of aryl methyl sites for hydroxylation is 1. The zero-order valence-corrected chi connectivity index (χ0v) is 11.5. The van der Waals surface area contributed by atoms with E-state index >= 15 is 0 Å². The smallest absolute Gasteiger partial charge is 0.222 e. The fraction of sp³-hybridized carbons (Fsp3) is 0.714. The first-order valence-corrected chi connectivity index (χ1v) is 7.01. The maximum atomic E-state index is 12.0. The van der Waals surface area contributed by atoms with Gasteiger partial charge in [-0.05, 0) is 18.8 Å². The van der Waals surface area contributed by atoms with E-state index in [1.54, 1.807) is 12.5 Å². The first-order valence-electron chi connectivity index (χ1n) is 7.01. The second-order valence-electron chi connectivity index (χ2n) is 5.74. The van der Waals surface area contributed by atoms with Crippen LogP contribution < -0.4 is 5.32 Å². The molecule has 5 heteroatoms. The van der Waals surface area contributed by atoms with E-state index in [4.69, 9.17) is 0 Å². The number of nitrogens with one attached hydrogen (secondary N) is 1. The third-order valence-corrected chi connectivity index (χ3v) is 3.95. The molecule has 0 aromatic carbocycles. The van der Waals surface area contributed by atoms with Gasteiger partial charge in [-0.1, -0.05) is 19.8 Å². The number of aromatic nitrogens is 2.